The first-order valence-electron chi connectivity index (χ1n) is 5.93. The van der Waals surface area contributed by atoms with Gasteiger partial charge in [-0.3, -0.25) is 4.79 Å². The van der Waals surface area contributed by atoms with Gasteiger partial charge in [0.25, 0.3) is 0 Å². The molecule has 1 atom stereocenters. The van der Waals surface area contributed by atoms with Gasteiger partial charge in [0, 0.05) is 6.42 Å². The van der Waals surface area contributed by atoms with Crippen LogP contribution in [0.3, 0.4) is 0 Å². The van der Waals surface area contributed by atoms with Crippen LogP contribution in [0.15, 0.2) is 24.3 Å². The summed E-state index contributed by atoms with van der Waals surface area (Å²) in [7, 11) is 1.57. The SMILES string of the molecule is COc1cccc(C(C#N)C(=O)CC(C)(C)C)c1. The fraction of sp³-hybridized carbons (Fsp3) is 0.467. The van der Waals surface area contributed by atoms with Gasteiger partial charge in [0.15, 0.2) is 5.78 Å². The molecule has 0 amide bonds. The van der Waals surface area contributed by atoms with Crippen molar-refractivity contribution in [3.63, 3.8) is 0 Å². The molecule has 0 heterocycles. The van der Waals surface area contributed by atoms with E-state index in [-0.39, 0.29) is 11.2 Å². The highest BCUT2D eigenvalue weighted by atomic mass is 16.5. The molecule has 3 nitrogen and oxygen atoms in total. The lowest BCUT2D eigenvalue weighted by molar-refractivity contribution is -0.121. The topological polar surface area (TPSA) is 50.1 Å². The van der Waals surface area contributed by atoms with Crippen molar-refractivity contribution in [1.82, 2.24) is 0 Å². The van der Waals surface area contributed by atoms with Crippen LogP contribution < -0.4 is 4.74 Å². The van der Waals surface area contributed by atoms with E-state index in [0.29, 0.717) is 17.7 Å². The highest BCUT2D eigenvalue weighted by molar-refractivity contribution is 5.88. The standard InChI is InChI=1S/C15H19NO2/c1-15(2,3)9-14(17)13(10-16)11-6-5-7-12(8-11)18-4/h5-8,13H,9H2,1-4H3. The zero-order chi connectivity index (χ0) is 13.8. The van der Waals surface area contributed by atoms with Crippen molar-refractivity contribution in [3.05, 3.63) is 29.8 Å². The third-order valence-corrected chi connectivity index (χ3v) is 2.58. The molecule has 0 aliphatic heterocycles. The van der Waals surface area contributed by atoms with E-state index >= 15 is 0 Å². The molecule has 0 bridgehead atoms. The summed E-state index contributed by atoms with van der Waals surface area (Å²) in [6.07, 6.45) is 0.391. The molecule has 0 saturated heterocycles. The summed E-state index contributed by atoms with van der Waals surface area (Å²) >= 11 is 0. The molecule has 18 heavy (non-hydrogen) atoms. The fourth-order valence-electron chi connectivity index (χ4n) is 1.78. The molecule has 0 aliphatic rings. The minimum absolute atomic E-state index is 0.0433. The van der Waals surface area contributed by atoms with Crippen molar-refractivity contribution < 1.29 is 9.53 Å². The number of carbonyl (C=O) groups excluding carboxylic acids is 1. The summed E-state index contributed by atoms with van der Waals surface area (Å²) in [5.41, 5.74) is 0.594. The summed E-state index contributed by atoms with van der Waals surface area (Å²) in [4.78, 5) is 12.1. The van der Waals surface area contributed by atoms with E-state index in [1.165, 1.54) is 0 Å². The van der Waals surface area contributed by atoms with Gasteiger partial charge in [-0.15, -0.1) is 0 Å². The average Bonchev–Trinajstić information content (AvgIpc) is 2.28. The van der Waals surface area contributed by atoms with E-state index in [0.717, 1.165) is 0 Å². The molecule has 0 fully saturated rings. The monoisotopic (exact) mass is 245 g/mol. The van der Waals surface area contributed by atoms with Gasteiger partial charge in [0.05, 0.1) is 13.2 Å². The van der Waals surface area contributed by atoms with Crippen molar-refractivity contribution in [3.8, 4) is 11.8 Å². The molecule has 1 aromatic carbocycles. The summed E-state index contributed by atoms with van der Waals surface area (Å²) in [6.45, 7) is 5.97. The number of nitriles is 1. The smallest absolute Gasteiger partial charge is 0.154 e. The average molecular weight is 245 g/mol. The summed E-state index contributed by atoms with van der Waals surface area (Å²) in [6, 6.07) is 9.21. The first kappa shape index (κ1) is 14.2. The first-order valence-corrected chi connectivity index (χ1v) is 5.93. The third kappa shape index (κ3) is 3.89. The lowest BCUT2D eigenvalue weighted by Gasteiger charge is -2.19. The molecule has 0 N–H and O–H groups in total. The summed E-state index contributed by atoms with van der Waals surface area (Å²) in [5.74, 6) is -0.0890. The van der Waals surface area contributed by atoms with E-state index in [4.69, 9.17) is 4.74 Å². The zero-order valence-corrected chi connectivity index (χ0v) is 11.4. The van der Waals surface area contributed by atoms with E-state index in [2.05, 4.69) is 6.07 Å². The number of Topliss-reactive ketones (excluding diaryl/α,β-unsaturated/α-hetero) is 1. The van der Waals surface area contributed by atoms with Gasteiger partial charge in [-0.25, -0.2) is 0 Å². The number of hydrogen-bond donors (Lipinski definition) is 0. The maximum atomic E-state index is 12.1. The fourth-order valence-corrected chi connectivity index (χ4v) is 1.78. The van der Waals surface area contributed by atoms with Crippen molar-refractivity contribution in [1.29, 1.82) is 5.26 Å². The van der Waals surface area contributed by atoms with Crippen molar-refractivity contribution in [2.45, 2.75) is 33.1 Å². The molecule has 1 rings (SSSR count). The molecule has 96 valence electrons. The predicted octanol–water partition coefficient (Wildman–Crippen LogP) is 3.31. The lowest BCUT2D eigenvalue weighted by Crippen LogP contribution is -2.18. The van der Waals surface area contributed by atoms with E-state index in [1.54, 1.807) is 31.4 Å². The Bertz CT molecular complexity index is 466. The van der Waals surface area contributed by atoms with Gasteiger partial charge in [-0.1, -0.05) is 32.9 Å². The van der Waals surface area contributed by atoms with Crippen molar-refractivity contribution in [2.75, 3.05) is 7.11 Å². The summed E-state index contributed by atoms with van der Waals surface area (Å²) < 4.78 is 5.11. The largest absolute Gasteiger partial charge is 0.497 e. The molecule has 0 aromatic heterocycles. The lowest BCUT2D eigenvalue weighted by atomic mass is 9.84. The van der Waals surface area contributed by atoms with Crippen LogP contribution in [0.5, 0.6) is 5.75 Å². The van der Waals surface area contributed by atoms with Gasteiger partial charge in [0.2, 0.25) is 0 Å². The van der Waals surface area contributed by atoms with Crippen LogP contribution in [0.2, 0.25) is 0 Å². The maximum Gasteiger partial charge on any atom is 0.154 e. The van der Waals surface area contributed by atoms with E-state index in [1.807, 2.05) is 20.8 Å². The Morgan fingerprint density at radius 3 is 2.61 bits per heavy atom. The van der Waals surface area contributed by atoms with Crippen LogP contribution in [0.25, 0.3) is 0 Å². The molecule has 0 saturated carbocycles. The first-order chi connectivity index (χ1) is 8.37. The number of benzene rings is 1. The summed E-state index contributed by atoms with van der Waals surface area (Å²) in [5, 5.41) is 9.20. The number of hydrogen-bond acceptors (Lipinski definition) is 3. The second kappa shape index (κ2) is 5.68. The molecule has 1 aromatic rings. The van der Waals surface area contributed by atoms with Crippen molar-refractivity contribution >= 4 is 5.78 Å². The second-order valence-corrected chi connectivity index (χ2v) is 5.54. The van der Waals surface area contributed by atoms with E-state index < -0.39 is 5.92 Å². The van der Waals surface area contributed by atoms with Gasteiger partial charge in [0.1, 0.15) is 11.7 Å². The maximum absolute atomic E-state index is 12.1. The Hall–Kier alpha value is -1.82. The second-order valence-electron chi connectivity index (χ2n) is 5.54. The normalized spacial score (nSPS) is 12.6. The molecular weight excluding hydrogens is 226 g/mol. The molecular formula is C15H19NO2. The Labute approximate surface area is 108 Å². The quantitative estimate of drug-likeness (QED) is 0.817. The predicted molar refractivity (Wildman–Crippen MR) is 70.4 cm³/mol. The van der Waals surface area contributed by atoms with Gasteiger partial charge < -0.3 is 4.74 Å². The van der Waals surface area contributed by atoms with Gasteiger partial charge in [-0.2, -0.15) is 5.26 Å². The Morgan fingerprint density at radius 1 is 1.44 bits per heavy atom. The minimum atomic E-state index is -0.709. The Kier molecular flexibility index (Phi) is 4.49. The van der Waals surface area contributed by atoms with Gasteiger partial charge in [-0.05, 0) is 23.1 Å². The molecule has 0 radical (unpaired) electrons. The van der Waals surface area contributed by atoms with Crippen LogP contribution in [-0.2, 0) is 4.79 Å². The third-order valence-electron chi connectivity index (χ3n) is 2.58. The van der Waals surface area contributed by atoms with Crippen LogP contribution in [0.4, 0.5) is 0 Å². The Morgan fingerprint density at radius 2 is 2.11 bits per heavy atom. The highest BCUT2D eigenvalue weighted by Crippen LogP contribution is 2.27. The number of methoxy groups -OCH3 is 1. The van der Waals surface area contributed by atoms with Crippen LogP contribution in [-0.4, -0.2) is 12.9 Å². The molecule has 0 aliphatic carbocycles. The van der Waals surface area contributed by atoms with Crippen LogP contribution >= 0.6 is 0 Å². The number of ketones is 1. The molecule has 3 heteroatoms. The van der Waals surface area contributed by atoms with Gasteiger partial charge >= 0.3 is 0 Å². The Balaban J connectivity index is 2.96. The number of ether oxygens (including phenoxy) is 1. The highest BCUT2D eigenvalue weighted by Gasteiger charge is 2.25. The minimum Gasteiger partial charge on any atom is -0.497 e. The molecule has 0 spiro atoms. The van der Waals surface area contributed by atoms with Crippen molar-refractivity contribution in [2.24, 2.45) is 5.41 Å². The van der Waals surface area contributed by atoms with Crippen LogP contribution in [0, 0.1) is 16.7 Å². The van der Waals surface area contributed by atoms with E-state index in [9.17, 15) is 10.1 Å². The molecule has 1 unspecified atom stereocenters. The number of nitrogens with zero attached hydrogens (tertiary/aromatic N) is 1. The number of rotatable bonds is 4. The van der Waals surface area contributed by atoms with Crippen LogP contribution in [0.1, 0.15) is 38.7 Å². The zero-order valence-electron chi connectivity index (χ0n) is 11.4. The number of carbonyl (C=O) groups is 1.